The van der Waals surface area contributed by atoms with E-state index in [1.165, 1.54) is 12.1 Å². The number of carbonyl (C=O) groups excluding carboxylic acids is 2. The van der Waals surface area contributed by atoms with Crippen molar-refractivity contribution in [2.45, 2.75) is 32.7 Å². The Morgan fingerprint density at radius 3 is 2.61 bits per heavy atom. The van der Waals surface area contributed by atoms with Crippen molar-refractivity contribution in [2.24, 2.45) is 5.41 Å². The summed E-state index contributed by atoms with van der Waals surface area (Å²) in [5.74, 6) is -0.268. The molecule has 3 rings (SSSR count). The SMILES string of the molecule is CC(C)NC(=O)N1CCC2(CC(=O)N(c3ccc(F)cc3)C2)C1. The summed E-state index contributed by atoms with van der Waals surface area (Å²) in [5.41, 5.74) is 0.540. The molecule has 0 saturated carbocycles. The molecule has 2 fully saturated rings. The Kier molecular flexibility index (Phi) is 4.00. The van der Waals surface area contributed by atoms with E-state index in [-0.39, 0.29) is 29.2 Å². The molecule has 0 radical (unpaired) electrons. The van der Waals surface area contributed by atoms with Crippen molar-refractivity contribution in [3.05, 3.63) is 30.1 Å². The first-order valence-corrected chi connectivity index (χ1v) is 8.00. The first-order valence-electron chi connectivity index (χ1n) is 8.00. The minimum Gasteiger partial charge on any atom is -0.336 e. The Hall–Kier alpha value is -2.11. The van der Waals surface area contributed by atoms with E-state index in [4.69, 9.17) is 0 Å². The molecule has 1 spiro atoms. The van der Waals surface area contributed by atoms with Crippen molar-refractivity contribution >= 4 is 17.6 Å². The number of hydrogen-bond acceptors (Lipinski definition) is 2. The van der Waals surface area contributed by atoms with Gasteiger partial charge in [0.15, 0.2) is 0 Å². The molecule has 2 aliphatic rings. The molecule has 1 unspecified atom stereocenters. The quantitative estimate of drug-likeness (QED) is 0.910. The molecule has 1 N–H and O–H groups in total. The largest absolute Gasteiger partial charge is 0.336 e. The molecule has 124 valence electrons. The van der Waals surface area contributed by atoms with Crippen LogP contribution in [-0.2, 0) is 4.79 Å². The topological polar surface area (TPSA) is 52.7 Å². The van der Waals surface area contributed by atoms with Crippen molar-refractivity contribution in [3.63, 3.8) is 0 Å². The molecular formula is C17H22FN3O2. The lowest BCUT2D eigenvalue weighted by Gasteiger charge is -2.25. The maximum Gasteiger partial charge on any atom is 0.317 e. The molecule has 1 aromatic carbocycles. The smallest absolute Gasteiger partial charge is 0.317 e. The van der Waals surface area contributed by atoms with Crippen molar-refractivity contribution < 1.29 is 14.0 Å². The molecule has 6 heteroatoms. The average molecular weight is 319 g/mol. The number of nitrogens with one attached hydrogen (secondary N) is 1. The van der Waals surface area contributed by atoms with E-state index in [0.29, 0.717) is 26.1 Å². The van der Waals surface area contributed by atoms with Crippen LogP contribution in [0.5, 0.6) is 0 Å². The van der Waals surface area contributed by atoms with Crippen LogP contribution in [0.4, 0.5) is 14.9 Å². The third-order valence-corrected chi connectivity index (χ3v) is 4.60. The van der Waals surface area contributed by atoms with Gasteiger partial charge < -0.3 is 15.1 Å². The van der Waals surface area contributed by atoms with Crippen LogP contribution in [0.3, 0.4) is 0 Å². The molecule has 5 nitrogen and oxygen atoms in total. The number of rotatable bonds is 2. The molecule has 0 bridgehead atoms. The standard InChI is InChI=1S/C17H22FN3O2/c1-12(2)19-16(23)20-8-7-17(10-20)9-15(22)21(11-17)14-5-3-13(18)4-6-14/h3-6,12H,7-11H2,1-2H3,(H,19,23). The second-order valence-corrected chi connectivity index (χ2v) is 6.91. The van der Waals surface area contributed by atoms with Crippen LogP contribution in [-0.4, -0.2) is 42.5 Å². The molecule has 2 heterocycles. The van der Waals surface area contributed by atoms with E-state index in [1.807, 2.05) is 13.8 Å². The van der Waals surface area contributed by atoms with Gasteiger partial charge in [0.1, 0.15) is 5.82 Å². The first-order chi connectivity index (χ1) is 10.9. The number of carbonyl (C=O) groups is 2. The zero-order valence-electron chi connectivity index (χ0n) is 13.5. The van der Waals surface area contributed by atoms with Gasteiger partial charge in [0.25, 0.3) is 0 Å². The third kappa shape index (κ3) is 3.16. The summed E-state index contributed by atoms with van der Waals surface area (Å²) in [6.45, 7) is 5.71. The zero-order chi connectivity index (χ0) is 16.6. The summed E-state index contributed by atoms with van der Waals surface area (Å²) in [6, 6.07) is 6.02. The molecule has 2 aliphatic heterocycles. The van der Waals surface area contributed by atoms with Crippen LogP contribution in [0.2, 0.25) is 0 Å². The summed E-state index contributed by atoms with van der Waals surface area (Å²) in [6.07, 6.45) is 1.26. The number of benzene rings is 1. The van der Waals surface area contributed by atoms with Crippen molar-refractivity contribution in [1.29, 1.82) is 0 Å². The van der Waals surface area contributed by atoms with Crippen molar-refractivity contribution in [3.8, 4) is 0 Å². The predicted octanol–water partition coefficient (Wildman–Crippen LogP) is 2.37. The molecule has 2 saturated heterocycles. The van der Waals surface area contributed by atoms with Crippen LogP contribution < -0.4 is 10.2 Å². The number of anilines is 1. The predicted molar refractivity (Wildman–Crippen MR) is 85.7 cm³/mol. The van der Waals surface area contributed by atoms with Gasteiger partial charge in [-0.25, -0.2) is 9.18 Å². The Labute approximate surface area is 135 Å². The van der Waals surface area contributed by atoms with E-state index >= 15 is 0 Å². The van der Waals surface area contributed by atoms with E-state index in [9.17, 15) is 14.0 Å². The summed E-state index contributed by atoms with van der Waals surface area (Å²) < 4.78 is 13.1. The van der Waals surface area contributed by atoms with E-state index in [0.717, 1.165) is 12.1 Å². The molecular weight excluding hydrogens is 297 g/mol. The van der Waals surface area contributed by atoms with Gasteiger partial charge in [-0.15, -0.1) is 0 Å². The highest BCUT2D eigenvalue weighted by Crippen LogP contribution is 2.41. The number of nitrogens with zero attached hydrogens (tertiary/aromatic N) is 2. The minimum atomic E-state index is -0.312. The fourth-order valence-corrected chi connectivity index (χ4v) is 3.47. The lowest BCUT2D eigenvalue weighted by molar-refractivity contribution is -0.117. The minimum absolute atomic E-state index is 0.0442. The number of likely N-dealkylation sites (tertiary alicyclic amines) is 1. The number of hydrogen-bond donors (Lipinski definition) is 1. The fraction of sp³-hybridized carbons (Fsp3) is 0.529. The average Bonchev–Trinajstić information content (AvgIpc) is 3.03. The van der Waals surface area contributed by atoms with Gasteiger partial charge >= 0.3 is 6.03 Å². The highest BCUT2D eigenvalue weighted by Gasteiger charge is 2.48. The van der Waals surface area contributed by atoms with Crippen LogP contribution >= 0.6 is 0 Å². The second kappa shape index (κ2) is 5.83. The molecule has 3 amide bonds. The van der Waals surface area contributed by atoms with Crippen LogP contribution in [0.1, 0.15) is 26.7 Å². The Morgan fingerprint density at radius 1 is 1.26 bits per heavy atom. The Morgan fingerprint density at radius 2 is 1.96 bits per heavy atom. The number of urea groups is 1. The van der Waals surface area contributed by atoms with E-state index in [2.05, 4.69) is 5.32 Å². The summed E-state index contributed by atoms with van der Waals surface area (Å²) in [7, 11) is 0. The van der Waals surface area contributed by atoms with Gasteiger partial charge in [0.05, 0.1) is 0 Å². The number of amides is 3. The van der Waals surface area contributed by atoms with Gasteiger partial charge in [0.2, 0.25) is 5.91 Å². The number of halogens is 1. The molecule has 23 heavy (non-hydrogen) atoms. The monoisotopic (exact) mass is 319 g/mol. The second-order valence-electron chi connectivity index (χ2n) is 6.91. The Balaban J connectivity index is 1.70. The lowest BCUT2D eigenvalue weighted by atomic mass is 9.86. The zero-order valence-corrected chi connectivity index (χ0v) is 13.5. The Bertz CT molecular complexity index is 617. The molecule has 0 aromatic heterocycles. The molecule has 0 aliphatic carbocycles. The normalized spacial score (nSPS) is 24.1. The maximum atomic E-state index is 13.1. The highest BCUT2D eigenvalue weighted by atomic mass is 19.1. The first kappa shape index (κ1) is 15.8. The van der Waals surface area contributed by atoms with Gasteiger partial charge in [-0.1, -0.05) is 0 Å². The van der Waals surface area contributed by atoms with Crippen molar-refractivity contribution in [2.75, 3.05) is 24.5 Å². The third-order valence-electron chi connectivity index (χ3n) is 4.60. The summed E-state index contributed by atoms with van der Waals surface area (Å²) in [4.78, 5) is 28.0. The molecule has 1 atom stereocenters. The van der Waals surface area contributed by atoms with Crippen LogP contribution in [0, 0.1) is 11.2 Å². The van der Waals surface area contributed by atoms with Crippen LogP contribution in [0.25, 0.3) is 0 Å². The van der Waals surface area contributed by atoms with Crippen molar-refractivity contribution in [1.82, 2.24) is 10.2 Å². The van der Waals surface area contributed by atoms with Gasteiger partial charge in [-0.3, -0.25) is 4.79 Å². The van der Waals surface area contributed by atoms with Gasteiger partial charge in [-0.2, -0.15) is 0 Å². The lowest BCUT2D eigenvalue weighted by Crippen LogP contribution is -2.43. The van der Waals surface area contributed by atoms with Gasteiger partial charge in [0, 0.05) is 43.2 Å². The van der Waals surface area contributed by atoms with Crippen LogP contribution in [0.15, 0.2) is 24.3 Å². The van der Waals surface area contributed by atoms with E-state index in [1.54, 1.807) is 21.9 Å². The molecule has 1 aromatic rings. The summed E-state index contributed by atoms with van der Waals surface area (Å²) >= 11 is 0. The maximum absolute atomic E-state index is 13.1. The van der Waals surface area contributed by atoms with Gasteiger partial charge in [-0.05, 0) is 44.5 Å². The highest BCUT2D eigenvalue weighted by molar-refractivity contribution is 5.96. The van der Waals surface area contributed by atoms with E-state index < -0.39 is 0 Å². The fourth-order valence-electron chi connectivity index (χ4n) is 3.47. The summed E-state index contributed by atoms with van der Waals surface area (Å²) in [5, 5.41) is 2.90.